The normalized spacial score (nSPS) is 20.8. The zero-order valence-corrected chi connectivity index (χ0v) is 10.1. The lowest BCUT2D eigenvalue weighted by Crippen LogP contribution is -2.48. The van der Waals surface area contributed by atoms with Gasteiger partial charge in [0.25, 0.3) is 0 Å². The summed E-state index contributed by atoms with van der Waals surface area (Å²) >= 11 is 0. The third kappa shape index (κ3) is 3.10. The number of nitrogens with one attached hydrogen (secondary N) is 1. The van der Waals surface area contributed by atoms with Crippen LogP contribution in [0.4, 0.5) is 4.79 Å². The Bertz CT molecular complexity index is 285. The molecule has 1 N–H and O–H groups in total. The minimum atomic E-state index is -0.597. The summed E-state index contributed by atoms with van der Waals surface area (Å²) < 4.78 is 9.78. The number of ether oxygens (including phenoxy) is 2. The van der Waals surface area contributed by atoms with Gasteiger partial charge in [-0.2, -0.15) is 0 Å². The molecule has 1 rings (SSSR count). The first-order chi connectivity index (χ1) is 7.35. The second-order valence-corrected chi connectivity index (χ2v) is 4.59. The summed E-state index contributed by atoms with van der Waals surface area (Å²) in [5, 5.41) is 1.19. The minimum Gasteiger partial charge on any atom is -0.467 e. The van der Waals surface area contributed by atoms with Crippen molar-refractivity contribution in [2.75, 3.05) is 13.7 Å². The van der Waals surface area contributed by atoms with E-state index in [1.54, 1.807) is 20.8 Å². The molecule has 0 saturated carbocycles. The molecule has 0 aromatic heterocycles. The highest BCUT2D eigenvalue weighted by Crippen LogP contribution is 2.15. The molecule has 1 aliphatic rings. The zero-order valence-electron chi connectivity index (χ0n) is 10.1. The smallest absolute Gasteiger partial charge is 0.425 e. The van der Waals surface area contributed by atoms with Crippen molar-refractivity contribution >= 4 is 12.1 Å². The van der Waals surface area contributed by atoms with Crippen molar-refractivity contribution in [1.82, 2.24) is 10.4 Å². The third-order valence-corrected chi connectivity index (χ3v) is 2.08. The van der Waals surface area contributed by atoms with Gasteiger partial charge in [-0.15, -0.1) is 0 Å². The van der Waals surface area contributed by atoms with E-state index < -0.39 is 23.7 Å². The molecule has 6 heteroatoms. The molecule has 0 unspecified atom stereocenters. The van der Waals surface area contributed by atoms with Crippen molar-refractivity contribution in [2.45, 2.75) is 38.8 Å². The largest absolute Gasteiger partial charge is 0.467 e. The first-order valence-corrected chi connectivity index (χ1v) is 5.18. The molecular weight excluding hydrogens is 212 g/mol. The number of carbonyl (C=O) groups is 2. The summed E-state index contributed by atoms with van der Waals surface area (Å²) in [5.74, 6) is -0.434. The van der Waals surface area contributed by atoms with Crippen molar-refractivity contribution in [3.05, 3.63) is 0 Å². The number of methoxy groups -OCH3 is 1. The molecule has 0 aromatic rings. The summed E-state index contributed by atoms with van der Waals surface area (Å²) in [6.07, 6.45) is -0.0215. The Morgan fingerprint density at radius 1 is 1.38 bits per heavy atom. The lowest BCUT2D eigenvalue weighted by Gasteiger charge is -2.26. The van der Waals surface area contributed by atoms with Gasteiger partial charge in [0.1, 0.15) is 5.60 Å². The maximum atomic E-state index is 11.7. The lowest BCUT2D eigenvalue weighted by molar-refractivity contribution is -0.146. The van der Waals surface area contributed by atoms with Gasteiger partial charge in [-0.25, -0.2) is 20.0 Å². The Morgan fingerprint density at radius 2 is 2.00 bits per heavy atom. The average molecular weight is 230 g/mol. The van der Waals surface area contributed by atoms with Gasteiger partial charge in [0.15, 0.2) is 6.04 Å². The summed E-state index contributed by atoms with van der Waals surface area (Å²) in [6.45, 7) is 5.87. The van der Waals surface area contributed by atoms with Gasteiger partial charge in [0.2, 0.25) is 0 Å². The monoisotopic (exact) mass is 230 g/mol. The molecule has 1 amide bonds. The van der Waals surface area contributed by atoms with Gasteiger partial charge in [-0.3, -0.25) is 0 Å². The third-order valence-electron chi connectivity index (χ3n) is 2.08. The Kier molecular flexibility index (Phi) is 3.74. The van der Waals surface area contributed by atoms with E-state index in [1.165, 1.54) is 12.1 Å². The molecule has 92 valence electrons. The summed E-state index contributed by atoms with van der Waals surface area (Å²) in [4.78, 5) is 23.1. The van der Waals surface area contributed by atoms with E-state index in [2.05, 4.69) is 10.2 Å². The SMILES string of the molecule is COC(=O)[C@@H]1CCNN1C(=O)OC(C)(C)C. The van der Waals surface area contributed by atoms with E-state index in [0.29, 0.717) is 13.0 Å². The molecule has 1 atom stereocenters. The van der Waals surface area contributed by atoms with Crippen LogP contribution in [0.15, 0.2) is 0 Å². The van der Waals surface area contributed by atoms with Gasteiger partial charge in [-0.05, 0) is 27.2 Å². The molecule has 16 heavy (non-hydrogen) atoms. The van der Waals surface area contributed by atoms with E-state index in [1.807, 2.05) is 0 Å². The van der Waals surface area contributed by atoms with E-state index in [-0.39, 0.29) is 0 Å². The molecule has 1 aliphatic heterocycles. The average Bonchev–Trinajstić information content (AvgIpc) is 2.62. The fourth-order valence-electron chi connectivity index (χ4n) is 1.42. The van der Waals surface area contributed by atoms with E-state index in [9.17, 15) is 9.59 Å². The number of hydrazine groups is 1. The first-order valence-electron chi connectivity index (χ1n) is 5.18. The van der Waals surface area contributed by atoms with Gasteiger partial charge in [0.05, 0.1) is 7.11 Å². The number of hydrogen-bond donors (Lipinski definition) is 1. The van der Waals surface area contributed by atoms with E-state index in [4.69, 9.17) is 4.74 Å². The van der Waals surface area contributed by atoms with E-state index in [0.717, 1.165) is 0 Å². The molecule has 1 fully saturated rings. The number of esters is 1. The van der Waals surface area contributed by atoms with Crippen LogP contribution in [0.5, 0.6) is 0 Å². The molecule has 6 nitrogen and oxygen atoms in total. The number of hydrogen-bond acceptors (Lipinski definition) is 5. The standard InChI is InChI=1S/C10H18N2O4/c1-10(2,3)16-9(14)12-7(5-6-11-12)8(13)15-4/h7,11H,5-6H2,1-4H3/t7-/m0/s1. The Hall–Kier alpha value is -1.30. The molecule has 0 spiro atoms. The quantitative estimate of drug-likeness (QED) is 0.671. The predicted molar refractivity (Wildman–Crippen MR) is 56.5 cm³/mol. The van der Waals surface area contributed by atoms with Gasteiger partial charge in [-0.1, -0.05) is 0 Å². The van der Waals surface area contributed by atoms with Crippen molar-refractivity contribution in [2.24, 2.45) is 0 Å². The first kappa shape index (κ1) is 12.8. The number of amides is 1. The molecular formula is C10H18N2O4. The Labute approximate surface area is 94.8 Å². The van der Waals surface area contributed by atoms with Crippen LogP contribution < -0.4 is 5.43 Å². The van der Waals surface area contributed by atoms with Crippen molar-refractivity contribution in [1.29, 1.82) is 0 Å². The summed E-state index contributed by atoms with van der Waals surface area (Å²) in [7, 11) is 1.30. The minimum absolute atomic E-state index is 0.434. The Balaban J connectivity index is 2.65. The molecule has 1 saturated heterocycles. The van der Waals surface area contributed by atoms with Crippen LogP contribution in [-0.4, -0.2) is 42.4 Å². The summed E-state index contributed by atoms with van der Waals surface area (Å²) in [6, 6.07) is -0.597. The number of nitrogens with zero attached hydrogens (tertiary/aromatic N) is 1. The molecule has 0 aliphatic carbocycles. The fraction of sp³-hybridized carbons (Fsp3) is 0.800. The van der Waals surface area contributed by atoms with E-state index >= 15 is 0 Å². The van der Waals surface area contributed by atoms with Crippen molar-refractivity contribution in [3.8, 4) is 0 Å². The predicted octanol–water partition coefficient (Wildman–Crippen LogP) is 0.673. The molecule has 0 radical (unpaired) electrons. The second-order valence-electron chi connectivity index (χ2n) is 4.59. The molecule has 0 bridgehead atoms. The van der Waals surface area contributed by atoms with Crippen LogP contribution in [0.2, 0.25) is 0 Å². The number of carbonyl (C=O) groups excluding carboxylic acids is 2. The maximum absolute atomic E-state index is 11.7. The zero-order chi connectivity index (χ0) is 12.3. The lowest BCUT2D eigenvalue weighted by atomic mass is 10.2. The highest BCUT2D eigenvalue weighted by atomic mass is 16.6. The topological polar surface area (TPSA) is 67.9 Å². The van der Waals surface area contributed by atoms with Gasteiger partial charge >= 0.3 is 12.1 Å². The molecule has 0 aromatic carbocycles. The van der Waals surface area contributed by atoms with Gasteiger partial charge in [0, 0.05) is 6.54 Å². The highest BCUT2D eigenvalue weighted by Gasteiger charge is 2.37. The number of rotatable bonds is 1. The van der Waals surface area contributed by atoms with Crippen LogP contribution >= 0.6 is 0 Å². The van der Waals surface area contributed by atoms with Crippen LogP contribution in [0, 0.1) is 0 Å². The van der Waals surface area contributed by atoms with Crippen molar-refractivity contribution < 1.29 is 19.1 Å². The van der Waals surface area contributed by atoms with Crippen LogP contribution in [0.3, 0.4) is 0 Å². The van der Waals surface area contributed by atoms with Gasteiger partial charge < -0.3 is 9.47 Å². The van der Waals surface area contributed by atoms with Crippen LogP contribution in [0.25, 0.3) is 0 Å². The molecule has 1 heterocycles. The fourth-order valence-corrected chi connectivity index (χ4v) is 1.42. The van der Waals surface area contributed by atoms with Crippen LogP contribution in [-0.2, 0) is 14.3 Å². The highest BCUT2D eigenvalue weighted by molar-refractivity contribution is 5.81. The second kappa shape index (κ2) is 4.69. The summed E-state index contributed by atoms with van der Waals surface area (Å²) in [5.41, 5.74) is 2.22. The Morgan fingerprint density at radius 3 is 2.50 bits per heavy atom. The van der Waals surface area contributed by atoms with Crippen molar-refractivity contribution in [3.63, 3.8) is 0 Å². The van der Waals surface area contributed by atoms with Crippen LogP contribution in [0.1, 0.15) is 27.2 Å². The maximum Gasteiger partial charge on any atom is 0.425 e.